The van der Waals surface area contributed by atoms with E-state index in [1.807, 2.05) is 55.5 Å². The van der Waals surface area contributed by atoms with Crippen molar-refractivity contribution in [3.8, 4) is 11.5 Å². The Morgan fingerprint density at radius 1 is 0.875 bits per heavy atom. The Bertz CT molecular complexity index is 1430. The Morgan fingerprint density at radius 2 is 1.62 bits per heavy atom. The lowest BCUT2D eigenvalue weighted by molar-refractivity contribution is -0.128. The highest BCUT2D eigenvalue weighted by Crippen LogP contribution is 2.39. The van der Waals surface area contributed by atoms with Gasteiger partial charge in [-0.1, -0.05) is 42.0 Å². The van der Waals surface area contributed by atoms with E-state index in [2.05, 4.69) is 5.32 Å². The zero-order chi connectivity index (χ0) is 27.7. The second-order valence-electron chi connectivity index (χ2n) is 10.4. The summed E-state index contributed by atoms with van der Waals surface area (Å²) in [5, 5.41) is 2.97. The molecule has 3 aromatic rings. The third-order valence-corrected chi connectivity index (χ3v) is 7.80. The first-order chi connectivity index (χ1) is 19.4. The number of amides is 3. The second kappa shape index (κ2) is 10.7. The lowest BCUT2D eigenvalue weighted by atomic mass is 9.96. The molecule has 3 aliphatic rings. The molecule has 1 N–H and O–H groups in total. The van der Waals surface area contributed by atoms with E-state index in [-0.39, 0.29) is 37.7 Å². The highest BCUT2D eigenvalue weighted by atomic mass is 16.7. The zero-order valence-corrected chi connectivity index (χ0v) is 22.3. The lowest BCUT2D eigenvalue weighted by Gasteiger charge is -2.44. The van der Waals surface area contributed by atoms with E-state index < -0.39 is 11.8 Å². The average molecular weight is 542 g/mol. The summed E-state index contributed by atoms with van der Waals surface area (Å²) in [6.07, 6.45) is 0.824. The Balaban J connectivity index is 1.20. The van der Waals surface area contributed by atoms with Gasteiger partial charge in [0.1, 0.15) is 11.8 Å². The molecule has 0 bridgehead atoms. The number of hydrogen-bond acceptors (Lipinski definition) is 6. The minimum atomic E-state index is -0.975. The van der Waals surface area contributed by atoms with Crippen molar-refractivity contribution in [1.82, 2.24) is 15.1 Å². The average Bonchev–Trinajstić information content (AvgIpc) is 3.60. The van der Waals surface area contributed by atoms with Crippen LogP contribution in [0, 0.1) is 6.92 Å². The molecule has 3 aliphatic heterocycles. The number of carbonyl (C=O) groups is 3. The van der Waals surface area contributed by atoms with E-state index in [4.69, 9.17) is 14.2 Å². The van der Waals surface area contributed by atoms with Gasteiger partial charge in [0.15, 0.2) is 11.5 Å². The molecule has 0 aromatic heterocycles. The summed E-state index contributed by atoms with van der Waals surface area (Å²) >= 11 is 0. The number of rotatable bonds is 5. The van der Waals surface area contributed by atoms with Crippen LogP contribution in [0.5, 0.6) is 11.5 Å². The Hall–Kier alpha value is -4.37. The maximum Gasteiger partial charge on any atom is 0.256 e. The number of piperidine rings is 1. The number of nitrogens with one attached hydrogen (secondary N) is 1. The summed E-state index contributed by atoms with van der Waals surface area (Å²) in [6.45, 7) is 3.31. The molecular weight excluding hydrogens is 510 g/mol. The van der Waals surface area contributed by atoms with Crippen molar-refractivity contribution < 1.29 is 28.6 Å². The largest absolute Gasteiger partial charge is 0.454 e. The van der Waals surface area contributed by atoms with Crippen molar-refractivity contribution in [2.45, 2.75) is 38.1 Å². The van der Waals surface area contributed by atoms with Gasteiger partial charge in [0.05, 0.1) is 6.61 Å². The molecule has 3 amide bonds. The fourth-order valence-corrected chi connectivity index (χ4v) is 5.66. The molecule has 0 unspecified atom stereocenters. The third-order valence-electron chi connectivity index (χ3n) is 7.80. The van der Waals surface area contributed by atoms with Crippen molar-refractivity contribution in [2.75, 3.05) is 26.5 Å². The van der Waals surface area contributed by atoms with Crippen LogP contribution in [0.4, 0.5) is 0 Å². The van der Waals surface area contributed by atoms with Gasteiger partial charge in [-0.15, -0.1) is 0 Å². The molecule has 3 aromatic carbocycles. The fraction of sp³-hybridized carbons (Fsp3) is 0.323. The molecule has 40 heavy (non-hydrogen) atoms. The number of hydrogen-bond donors (Lipinski definition) is 1. The van der Waals surface area contributed by atoms with E-state index in [9.17, 15) is 14.4 Å². The van der Waals surface area contributed by atoms with Crippen molar-refractivity contribution in [1.29, 1.82) is 0 Å². The standard InChI is InChI=1S/C31H31N3O6/c1-21-6-5-9-24(16-21)29(36)33-14-12-31(13-15-33)34(30(37)23-7-3-2-4-8-23)25(19-40-31)28(35)32-18-22-10-11-26-27(17-22)39-20-38-26/h2-11,16-17,25H,12-15,18-20H2,1H3,(H,32,35)/t25-/m1/s1. The first-order valence-corrected chi connectivity index (χ1v) is 13.5. The number of ether oxygens (including phenoxy) is 3. The van der Waals surface area contributed by atoms with Crippen LogP contribution < -0.4 is 14.8 Å². The molecule has 206 valence electrons. The molecule has 3 heterocycles. The summed E-state index contributed by atoms with van der Waals surface area (Å²) in [6, 6.07) is 21.2. The maximum absolute atomic E-state index is 13.9. The van der Waals surface area contributed by atoms with Crippen LogP contribution in [0.25, 0.3) is 0 Å². The van der Waals surface area contributed by atoms with Gasteiger partial charge >= 0.3 is 0 Å². The molecule has 1 spiro atoms. The van der Waals surface area contributed by atoms with Crippen molar-refractivity contribution in [3.05, 3.63) is 95.1 Å². The summed E-state index contributed by atoms with van der Waals surface area (Å²) in [5.74, 6) is 0.711. The molecule has 2 fully saturated rings. The molecule has 9 nitrogen and oxygen atoms in total. The van der Waals surface area contributed by atoms with Crippen LogP contribution >= 0.6 is 0 Å². The second-order valence-corrected chi connectivity index (χ2v) is 10.4. The summed E-state index contributed by atoms with van der Waals surface area (Å²) in [5.41, 5.74) is 2.03. The van der Waals surface area contributed by atoms with Gasteiger partial charge in [-0.2, -0.15) is 0 Å². The number of carbonyl (C=O) groups excluding carboxylic acids is 3. The Labute approximate surface area is 232 Å². The first-order valence-electron chi connectivity index (χ1n) is 13.5. The topological polar surface area (TPSA) is 97.4 Å². The van der Waals surface area contributed by atoms with Crippen LogP contribution in [0.1, 0.15) is 44.7 Å². The SMILES string of the molecule is Cc1cccc(C(=O)N2CCC3(CC2)OC[C@H](C(=O)NCc2ccc4c(c2)OCO4)N3C(=O)c2ccccc2)c1. The van der Waals surface area contributed by atoms with Gasteiger partial charge in [-0.3, -0.25) is 19.3 Å². The van der Waals surface area contributed by atoms with Crippen molar-refractivity contribution in [2.24, 2.45) is 0 Å². The van der Waals surface area contributed by atoms with Crippen LogP contribution in [0.3, 0.4) is 0 Å². The van der Waals surface area contributed by atoms with E-state index >= 15 is 0 Å². The highest BCUT2D eigenvalue weighted by molar-refractivity contribution is 5.98. The van der Waals surface area contributed by atoms with Crippen molar-refractivity contribution in [3.63, 3.8) is 0 Å². The van der Waals surface area contributed by atoms with E-state index in [1.165, 1.54) is 0 Å². The molecule has 0 aliphatic carbocycles. The maximum atomic E-state index is 13.9. The van der Waals surface area contributed by atoms with Crippen LogP contribution in [-0.4, -0.2) is 65.8 Å². The zero-order valence-electron chi connectivity index (χ0n) is 22.3. The van der Waals surface area contributed by atoms with Crippen LogP contribution in [0.15, 0.2) is 72.8 Å². The third kappa shape index (κ3) is 4.88. The molecule has 6 rings (SSSR count). The van der Waals surface area contributed by atoms with Gasteiger partial charge in [0, 0.05) is 43.6 Å². The van der Waals surface area contributed by atoms with Crippen molar-refractivity contribution >= 4 is 17.7 Å². The molecule has 9 heteroatoms. The van der Waals surface area contributed by atoms with Gasteiger partial charge in [0.25, 0.3) is 11.8 Å². The quantitative estimate of drug-likeness (QED) is 0.531. The molecule has 2 saturated heterocycles. The predicted octanol–water partition coefficient (Wildman–Crippen LogP) is 3.51. The molecular formula is C31H31N3O6. The lowest BCUT2D eigenvalue weighted by Crippen LogP contribution is -2.59. The van der Waals surface area contributed by atoms with Crippen LogP contribution in [-0.2, 0) is 16.1 Å². The van der Waals surface area contributed by atoms with Gasteiger partial charge in [-0.25, -0.2) is 0 Å². The van der Waals surface area contributed by atoms with Crippen LogP contribution in [0.2, 0.25) is 0 Å². The highest BCUT2D eigenvalue weighted by Gasteiger charge is 2.54. The van der Waals surface area contributed by atoms with E-state index in [1.54, 1.807) is 34.1 Å². The van der Waals surface area contributed by atoms with Gasteiger partial charge in [0.2, 0.25) is 12.7 Å². The minimum absolute atomic E-state index is 0.0458. The monoisotopic (exact) mass is 541 g/mol. The molecule has 0 radical (unpaired) electrons. The summed E-state index contributed by atoms with van der Waals surface area (Å²) in [4.78, 5) is 44.0. The van der Waals surface area contributed by atoms with E-state index in [0.717, 1.165) is 11.1 Å². The number of fused-ring (bicyclic) bond motifs is 1. The first kappa shape index (κ1) is 25.9. The Kier molecular flexibility index (Phi) is 6.89. The molecule has 1 atom stereocenters. The smallest absolute Gasteiger partial charge is 0.256 e. The van der Waals surface area contributed by atoms with E-state index in [0.29, 0.717) is 48.6 Å². The fourth-order valence-electron chi connectivity index (χ4n) is 5.66. The predicted molar refractivity (Wildman–Crippen MR) is 146 cm³/mol. The Morgan fingerprint density at radius 3 is 2.40 bits per heavy atom. The number of aryl methyl sites for hydroxylation is 1. The van der Waals surface area contributed by atoms with Gasteiger partial charge in [-0.05, 0) is 48.9 Å². The normalized spacial score (nSPS) is 19.1. The summed E-state index contributed by atoms with van der Waals surface area (Å²) < 4.78 is 17.1. The van der Waals surface area contributed by atoms with Gasteiger partial charge < -0.3 is 24.4 Å². The number of nitrogens with zero attached hydrogens (tertiary/aromatic N) is 2. The minimum Gasteiger partial charge on any atom is -0.454 e. The number of likely N-dealkylation sites (tertiary alicyclic amines) is 1. The molecule has 0 saturated carbocycles. The summed E-state index contributed by atoms with van der Waals surface area (Å²) in [7, 11) is 0. The number of benzene rings is 3.